The minimum Gasteiger partial charge on any atom is -0.0654 e. The molecular weight excluding hydrogens is 180 g/mol. The van der Waals surface area contributed by atoms with Gasteiger partial charge in [0.2, 0.25) is 0 Å². The van der Waals surface area contributed by atoms with Crippen LogP contribution in [0.15, 0.2) is 0 Å². The van der Waals surface area contributed by atoms with Gasteiger partial charge in [0.25, 0.3) is 0 Å². The Hall–Kier alpha value is 0. The van der Waals surface area contributed by atoms with Gasteiger partial charge in [-0.05, 0) is 41.9 Å². The number of hydrogen-bond acceptors (Lipinski definition) is 0. The molecule has 0 nitrogen and oxygen atoms in total. The van der Waals surface area contributed by atoms with Crippen molar-refractivity contribution in [1.29, 1.82) is 0 Å². The number of unbranched alkanes of at least 4 members (excludes halogenated alkanes) is 1. The van der Waals surface area contributed by atoms with Gasteiger partial charge in [-0.1, -0.05) is 54.4 Å². The van der Waals surface area contributed by atoms with Crippen LogP contribution < -0.4 is 0 Å². The van der Waals surface area contributed by atoms with E-state index in [9.17, 15) is 0 Å². The third kappa shape index (κ3) is 1.85. The van der Waals surface area contributed by atoms with Gasteiger partial charge in [-0.15, -0.1) is 0 Å². The van der Waals surface area contributed by atoms with Crippen molar-refractivity contribution in [2.75, 3.05) is 0 Å². The van der Waals surface area contributed by atoms with Gasteiger partial charge in [0.1, 0.15) is 0 Å². The Morgan fingerprint density at radius 2 is 1.53 bits per heavy atom. The molecule has 4 atom stereocenters. The van der Waals surface area contributed by atoms with Crippen molar-refractivity contribution in [1.82, 2.24) is 0 Å². The summed E-state index contributed by atoms with van der Waals surface area (Å²) >= 11 is 0. The zero-order chi connectivity index (χ0) is 11.7. The van der Waals surface area contributed by atoms with E-state index in [1.54, 1.807) is 0 Å². The summed E-state index contributed by atoms with van der Waals surface area (Å²) in [6.07, 6.45) is 6.96. The van der Waals surface area contributed by atoms with Gasteiger partial charge in [0, 0.05) is 0 Å². The molecule has 0 N–H and O–H groups in total. The predicted molar refractivity (Wildman–Crippen MR) is 69.0 cm³/mol. The fourth-order valence-electron chi connectivity index (χ4n) is 4.00. The molecule has 0 amide bonds. The third-order valence-corrected chi connectivity index (χ3v) is 5.97. The average Bonchev–Trinajstić information content (AvgIpc) is 2.38. The van der Waals surface area contributed by atoms with E-state index in [4.69, 9.17) is 0 Å². The van der Waals surface area contributed by atoms with Crippen LogP contribution in [0.25, 0.3) is 0 Å². The lowest BCUT2D eigenvalue weighted by molar-refractivity contribution is 0.0330. The van der Waals surface area contributed by atoms with Crippen molar-refractivity contribution >= 4 is 0 Å². The maximum absolute atomic E-state index is 2.56. The molecule has 1 aliphatic carbocycles. The first kappa shape index (κ1) is 13.1. The van der Waals surface area contributed by atoms with Gasteiger partial charge in [-0.2, -0.15) is 0 Å². The predicted octanol–water partition coefficient (Wildman–Crippen LogP) is 5.28. The Balaban J connectivity index is 2.91. The van der Waals surface area contributed by atoms with E-state index in [1.807, 2.05) is 0 Å². The second kappa shape index (κ2) is 4.47. The molecule has 0 aromatic carbocycles. The smallest absolute Gasteiger partial charge is 0.0244 e. The van der Waals surface area contributed by atoms with Crippen molar-refractivity contribution in [3.8, 4) is 0 Å². The fraction of sp³-hybridized carbons (Fsp3) is 1.00. The average molecular weight is 210 g/mol. The molecule has 0 aliphatic heterocycles. The van der Waals surface area contributed by atoms with Gasteiger partial charge in [0.05, 0.1) is 0 Å². The SMILES string of the molecule is CCCCC1(C)C(C)CC(C)C1(C)CC. The highest BCUT2D eigenvalue weighted by atomic mass is 14.6. The van der Waals surface area contributed by atoms with Gasteiger partial charge < -0.3 is 0 Å². The van der Waals surface area contributed by atoms with Gasteiger partial charge in [-0.25, -0.2) is 0 Å². The number of rotatable bonds is 4. The van der Waals surface area contributed by atoms with E-state index >= 15 is 0 Å². The molecule has 90 valence electrons. The van der Waals surface area contributed by atoms with Gasteiger partial charge in [-0.3, -0.25) is 0 Å². The molecule has 4 unspecified atom stereocenters. The molecule has 0 spiro atoms. The summed E-state index contributed by atoms with van der Waals surface area (Å²) in [5.41, 5.74) is 1.15. The summed E-state index contributed by atoms with van der Waals surface area (Å²) in [6.45, 7) is 14.7. The van der Waals surface area contributed by atoms with Crippen LogP contribution in [0.4, 0.5) is 0 Å². The zero-order valence-corrected chi connectivity index (χ0v) is 11.7. The largest absolute Gasteiger partial charge is 0.0654 e. The van der Waals surface area contributed by atoms with E-state index in [2.05, 4.69) is 41.5 Å². The molecule has 1 fully saturated rings. The topological polar surface area (TPSA) is 0 Å². The van der Waals surface area contributed by atoms with Crippen molar-refractivity contribution in [2.24, 2.45) is 22.7 Å². The van der Waals surface area contributed by atoms with Gasteiger partial charge in [0.15, 0.2) is 0 Å². The first-order valence-corrected chi connectivity index (χ1v) is 6.92. The Bertz CT molecular complexity index is 208. The highest BCUT2D eigenvalue weighted by Gasteiger charge is 2.54. The zero-order valence-electron chi connectivity index (χ0n) is 11.7. The normalized spacial score (nSPS) is 46.0. The van der Waals surface area contributed by atoms with Crippen molar-refractivity contribution in [3.63, 3.8) is 0 Å². The van der Waals surface area contributed by atoms with E-state index in [-0.39, 0.29) is 0 Å². The molecule has 1 aliphatic rings. The summed E-state index contributed by atoms with van der Waals surface area (Å²) in [6, 6.07) is 0. The van der Waals surface area contributed by atoms with E-state index in [1.165, 1.54) is 32.1 Å². The quantitative estimate of drug-likeness (QED) is 0.592. The van der Waals surface area contributed by atoms with E-state index in [0.29, 0.717) is 10.8 Å². The first-order chi connectivity index (χ1) is 6.92. The molecule has 1 saturated carbocycles. The van der Waals surface area contributed by atoms with E-state index in [0.717, 1.165) is 11.8 Å². The molecule has 1 rings (SSSR count). The van der Waals surface area contributed by atoms with Crippen LogP contribution in [-0.2, 0) is 0 Å². The number of hydrogen-bond donors (Lipinski definition) is 0. The van der Waals surface area contributed by atoms with E-state index < -0.39 is 0 Å². The highest BCUT2D eigenvalue weighted by molar-refractivity contribution is 5.03. The minimum absolute atomic E-state index is 0.571. The molecule has 0 radical (unpaired) electrons. The summed E-state index contributed by atoms with van der Waals surface area (Å²) in [7, 11) is 0. The van der Waals surface area contributed by atoms with Crippen LogP contribution in [0.2, 0.25) is 0 Å². The Kier molecular flexibility index (Phi) is 3.90. The maximum Gasteiger partial charge on any atom is -0.0244 e. The second-order valence-electron chi connectivity index (χ2n) is 6.33. The third-order valence-electron chi connectivity index (χ3n) is 5.97. The summed E-state index contributed by atoms with van der Waals surface area (Å²) in [5.74, 6) is 1.81. The van der Waals surface area contributed by atoms with Crippen molar-refractivity contribution in [2.45, 2.75) is 73.6 Å². The van der Waals surface area contributed by atoms with Crippen LogP contribution in [0.3, 0.4) is 0 Å². The van der Waals surface area contributed by atoms with Crippen LogP contribution in [0, 0.1) is 22.7 Å². The maximum atomic E-state index is 2.56. The Morgan fingerprint density at radius 1 is 1.00 bits per heavy atom. The highest BCUT2D eigenvalue weighted by Crippen LogP contribution is 2.62. The second-order valence-corrected chi connectivity index (χ2v) is 6.33. The summed E-state index contributed by atoms with van der Waals surface area (Å²) in [4.78, 5) is 0. The monoisotopic (exact) mass is 210 g/mol. The lowest BCUT2D eigenvalue weighted by Crippen LogP contribution is -2.38. The van der Waals surface area contributed by atoms with Gasteiger partial charge >= 0.3 is 0 Å². The first-order valence-electron chi connectivity index (χ1n) is 6.92. The molecule has 0 aromatic heterocycles. The lowest BCUT2D eigenvalue weighted by Gasteiger charge is -2.46. The molecule has 15 heavy (non-hydrogen) atoms. The van der Waals surface area contributed by atoms with Crippen LogP contribution in [0.1, 0.15) is 73.6 Å². The van der Waals surface area contributed by atoms with Crippen molar-refractivity contribution in [3.05, 3.63) is 0 Å². The van der Waals surface area contributed by atoms with Crippen molar-refractivity contribution < 1.29 is 0 Å². The molecule has 0 heteroatoms. The Morgan fingerprint density at radius 3 is 2.00 bits per heavy atom. The lowest BCUT2D eigenvalue weighted by atomic mass is 9.59. The molecule has 0 heterocycles. The standard InChI is InChI=1S/C15H30/c1-7-9-10-15(6)13(4)11-12(3)14(15,5)8-2/h12-13H,7-11H2,1-6H3. The molecule has 0 bridgehead atoms. The van der Waals surface area contributed by atoms with Crippen LogP contribution in [0.5, 0.6) is 0 Å². The van der Waals surface area contributed by atoms with Crippen LogP contribution >= 0.6 is 0 Å². The Labute approximate surface area is 96.8 Å². The molecule has 0 saturated heterocycles. The minimum atomic E-state index is 0.571. The molecule has 0 aromatic rings. The van der Waals surface area contributed by atoms with Crippen LogP contribution in [-0.4, -0.2) is 0 Å². The molecular formula is C15H30. The summed E-state index contributed by atoms with van der Waals surface area (Å²) in [5, 5.41) is 0. The fourth-order valence-corrected chi connectivity index (χ4v) is 4.00. The summed E-state index contributed by atoms with van der Waals surface area (Å²) < 4.78 is 0.